The summed E-state index contributed by atoms with van der Waals surface area (Å²) in [5.41, 5.74) is 2.39. The summed E-state index contributed by atoms with van der Waals surface area (Å²) >= 11 is 0. The van der Waals surface area contributed by atoms with Crippen LogP contribution in [0.25, 0.3) is 0 Å². The molecule has 33 heavy (non-hydrogen) atoms. The Kier molecular flexibility index (Phi) is 6.96. The van der Waals surface area contributed by atoms with E-state index in [-0.39, 0.29) is 18.0 Å². The summed E-state index contributed by atoms with van der Waals surface area (Å²) < 4.78 is 39.2. The molecule has 4 rings (SSSR count). The molecule has 1 aliphatic rings. The molecule has 1 unspecified atom stereocenters. The van der Waals surface area contributed by atoms with Gasteiger partial charge in [0.05, 0.1) is 31.4 Å². The number of ether oxygens (including phenoxy) is 2. The second-order valence-electron chi connectivity index (χ2n) is 7.63. The van der Waals surface area contributed by atoms with Crippen LogP contribution in [0.15, 0.2) is 88.9 Å². The molecule has 0 saturated carbocycles. The van der Waals surface area contributed by atoms with Crippen molar-refractivity contribution < 1.29 is 22.7 Å². The van der Waals surface area contributed by atoms with Gasteiger partial charge in [-0.3, -0.25) is 0 Å². The minimum absolute atomic E-state index is 0.149. The Balaban J connectivity index is 1.58. The molecule has 3 aromatic rings. The summed E-state index contributed by atoms with van der Waals surface area (Å²) in [7, 11) is -0.574. The first-order valence-corrected chi connectivity index (χ1v) is 12.0. The maximum atomic E-state index is 13.5. The molecule has 0 saturated heterocycles. The molecule has 3 aromatic carbocycles. The molecule has 0 aromatic heterocycles. The van der Waals surface area contributed by atoms with Crippen LogP contribution >= 0.6 is 0 Å². The molecular formula is C25H26N2O5S. The minimum Gasteiger partial charge on any atom is -0.497 e. The number of sulfonamides is 1. The SMILES string of the molecule is COc1cccc(CN(CC2CC(c3ccccc3OC)=NO2)S(=O)(=O)c2ccccc2)c1. The first-order chi connectivity index (χ1) is 16.0. The van der Waals surface area contributed by atoms with E-state index in [0.717, 1.165) is 16.8 Å². The van der Waals surface area contributed by atoms with Crippen LogP contribution in [0.2, 0.25) is 0 Å². The molecule has 8 heteroatoms. The van der Waals surface area contributed by atoms with Crippen molar-refractivity contribution in [1.29, 1.82) is 0 Å². The summed E-state index contributed by atoms with van der Waals surface area (Å²) in [6, 6.07) is 23.4. The van der Waals surface area contributed by atoms with Gasteiger partial charge in [-0.15, -0.1) is 0 Å². The van der Waals surface area contributed by atoms with Gasteiger partial charge in [0.1, 0.15) is 17.6 Å². The average molecular weight is 467 g/mol. The van der Waals surface area contributed by atoms with Gasteiger partial charge >= 0.3 is 0 Å². The Morgan fingerprint density at radius 1 is 0.970 bits per heavy atom. The highest BCUT2D eigenvalue weighted by Crippen LogP contribution is 2.27. The van der Waals surface area contributed by atoms with Crippen LogP contribution in [0, 0.1) is 0 Å². The minimum atomic E-state index is -3.76. The lowest BCUT2D eigenvalue weighted by Gasteiger charge is -2.24. The second-order valence-corrected chi connectivity index (χ2v) is 9.57. The van der Waals surface area contributed by atoms with E-state index in [0.29, 0.717) is 17.9 Å². The first-order valence-electron chi connectivity index (χ1n) is 10.6. The van der Waals surface area contributed by atoms with Gasteiger partial charge in [-0.2, -0.15) is 4.31 Å². The molecule has 1 heterocycles. The van der Waals surface area contributed by atoms with E-state index in [9.17, 15) is 8.42 Å². The van der Waals surface area contributed by atoms with Gasteiger partial charge in [0.25, 0.3) is 0 Å². The summed E-state index contributed by atoms with van der Waals surface area (Å²) in [6.07, 6.45) is 0.0493. The van der Waals surface area contributed by atoms with E-state index in [4.69, 9.17) is 14.3 Å². The van der Waals surface area contributed by atoms with Crippen molar-refractivity contribution in [3.05, 3.63) is 90.0 Å². The van der Waals surface area contributed by atoms with Crippen molar-refractivity contribution >= 4 is 15.7 Å². The lowest BCUT2D eigenvalue weighted by Crippen LogP contribution is -2.37. The Morgan fingerprint density at radius 2 is 1.73 bits per heavy atom. The normalized spacial score (nSPS) is 15.7. The monoisotopic (exact) mass is 466 g/mol. The summed E-state index contributed by atoms with van der Waals surface area (Å²) in [5, 5.41) is 4.23. The predicted molar refractivity (Wildman–Crippen MR) is 126 cm³/mol. The Morgan fingerprint density at radius 3 is 2.48 bits per heavy atom. The number of nitrogens with zero attached hydrogens (tertiary/aromatic N) is 2. The van der Waals surface area contributed by atoms with Gasteiger partial charge in [0.2, 0.25) is 10.0 Å². The standard InChI is InChI=1S/C25H26N2O5S/c1-30-20-10-8-9-19(15-20)17-27(33(28,29)22-11-4-3-5-12-22)18-21-16-24(26-32-21)23-13-6-7-14-25(23)31-2/h3-15,21H,16-18H2,1-2H3. The van der Waals surface area contributed by atoms with Crippen molar-refractivity contribution in [2.75, 3.05) is 20.8 Å². The molecule has 172 valence electrons. The van der Waals surface area contributed by atoms with Gasteiger partial charge in [0.15, 0.2) is 0 Å². The predicted octanol–water partition coefficient (Wildman–Crippen LogP) is 4.09. The van der Waals surface area contributed by atoms with E-state index in [1.54, 1.807) is 44.6 Å². The number of para-hydroxylation sites is 1. The lowest BCUT2D eigenvalue weighted by atomic mass is 10.0. The maximum absolute atomic E-state index is 13.5. The molecule has 0 bridgehead atoms. The van der Waals surface area contributed by atoms with Crippen LogP contribution in [-0.2, 0) is 21.4 Å². The molecule has 0 fully saturated rings. The van der Waals surface area contributed by atoms with Gasteiger partial charge in [0, 0.05) is 18.5 Å². The number of methoxy groups -OCH3 is 2. The third kappa shape index (κ3) is 5.18. The fourth-order valence-corrected chi connectivity index (χ4v) is 5.24. The Bertz CT molecular complexity index is 1230. The zero-order valence-corrected chi connectivity index (χ0v) is 19.4. The Hall–Kier alpha value is -3.36. The van der Waals surface area contributed by atoms with Crippen LogP contribution in [0.5, 0.6) is 11.5 Å². The fourth-order valence-electron chi connectivity index (χ4n) is 3.76. The van der Waals surface area contributed by atoms with Crippen LogP contribution in [-0.4, -0.2) is 45.3 Å². The van der Waals surface area contributed by atoms with E-state index in [1.807, 2.05) is 48.5 Å². The smallest absolute Gasteiger partial charge is 0.243 e. The van der Waals surface area contributed by atoms with Crippen LogP contribution in [0.1, 0.15) is 17.5 Å². The van der Waals surface area contributed by atoms with Crippen molar-refractivity contribution in [1.82, 2.24) is 4.31 Å². The molecule has 0 spiro atoms. The molecular weight excluding hydrogens is 440 g/mol. The van der Waals surface area contributed by atoms with E-state index < -0.39 is 16.1 Å². The van der Waals surface area contributed by atoms with E-state index in [2.05, 4.69) is 5.16 Å². The van der Waals surface area contributed by atoms with Gasteiger partial charge in [-0.1, -0.05) is 47.6 Å². The highest BCUT2D eigenvalue weighted by atomic mass is 32.2. The molecule has 1 aliphatic heterocycles. The highest BCUT2D eigenvalue weighted by molar-refractivity contribution is 7.89. The first kappa shape index (κ1) is 22.8. The molecule has 7 nitrogen and oxygen atoms in total. The third-order valence-corrected chi connectivity index (χ3v) is 7.26. The molecule has 0 N–H and O–H groups in total. The zero-order valence-electron chi connectivity index (χ0n) is 18.5. The summed E-state index contributed by atoms with van der Waals surface area (Å²) in [6.45, 7) is 0.328. The molecule has 0 aliphatic carbocycles. The molecule has 1 atom stereocenters. The zero-order chi connectivity index (χ0) is 23.3. The second kappa shape index (κ2) is 10.1. The van der Waals surface area contributed by atoms with E-state index >= 15 is 0 Å². The number of hydrogen-bond donors (Lipinski definition) is 0. The quantitative estimate of drug-likeness (QED) is 0.475. The maximum Gasteiger partial charge on any atom is 0.243 e. The summed E-state index contributed by atoms with van der Waals surface area (Å²) in [5.74, 6) is 1.37. The molecule has 0 radical (unpaired) electrons. The molecule has 0 amide bonds. The van der Waals surface area contributed by atoms with Crippen molar-refractivity contribution in [3.63, 3.8) is 0 Å². The number of oxime groups is 1. The van der Waals surface area contributed by atoms with Crippen molar-refractivity contribution in [2.24, 2.45) is 5.16 Å². The number of benzene rings is 3. The van der Waals surface area contributed by atoms with E-state index in [1.165, 1.54) is 4.31 Å². The van der Waals surface area contributed by atoms with Crippen LogP contribution in [0.4, 0.5) is 0 Å². The van der Waals surface area contributed by atoms with Gasteiger partial charge in [-0.05, 0) is 42.0 Å². The largest absolute Gasteiger partial charge is 0.497 e. The Labute approximate surface area is 194 Å². The van der Waals surface area contributed by atoms with Crippen LogP contribution < -0.4 is 9.47 Å². The fraction of sp³-hybridized carbons (Fsp3) is 0.240. The van der Waals surface area contributed by atoms with Gasteiger partial charge < -0.3 is 14.3 Å². The lowest BCUT2D eigenvalue weighted by molar-refractivity contribution is 0.0694. The van der Waals surface area contributed by atoms with Gasteiger partial charge in [-0.25, -0.2) is 8.42 Å². The number of rotatable bonds is 9. The highest BCUT2D eigenvalue weighted by Gasteiger charge is 2.32. The summed E-state index contributed by atoms with van der Waals surface area (Å²) in [4.78, 5) is 5.90. The third-order valence-electron chi connectivity index (χ3n) is 5.43. The van der Waals surface area contributed by atoms with Crippen molar-refractivity contribution in [3.8, 4) is 11.5 Å². The topological polar surface area (TPSA) is 77.4 Å². The number of hydrogen-bond acceptors (Lipinski definition) is 6. The average Bonchev–Trinajstić information content (AvgIpc) is 3.32. The van der Waals surface area contributed by atoms with Crippen LogP contribution in [0.3, 0.4) is 0 Å². The van der Waals surface area contributed by atoms with Crippen molar-refractivity contribution in [2.45, 2.75) is 24.0 Å².